The molecule has 4 N–H and O–H groups in total. The van der Waals surface area contributed by atoms with Crippen LogP contribution in [0, 0.1) is 4.78 Å². The molecular formula is C8H13N3OS. The van der Waals surface area contributed by atoms with Crippen LogP contribution in [0.4, 0.5) is 0 Å². The zero-order valence-electron chi connectivity index (χ0n) is 7.41. The largest absolute Gasteiger partial charge is 0.316 e. The minimum absolute atomic E-state index is 0.375. The number of nitrogens with two attached hydrogens (primary N) is 1. The molecule has 1 aromatic carbocycles. The van der Waals surface area contributed by atoms with E-state index in [0.29, 0.717) is 11.4 Å². The molecule has 72 valence electrons. The maximum atomic E-state index is 11.2. The summed E-state index contributed by atoms with van der Waals surface area (Å²) in [4.78, 5) is 0.375. The Bertz CT molecular complexity index is 386. The average Bonchev–Trinajstić information content (AvgIpc) is 2.04. The van der Waals surface area contributed by atoms with Crippen molar-refractivity contribution >= 4 is 9.92 Å². The van der Waals surface area contributed by atoms with Crippen LogP contribution in [0.5, 0.6) is 0 Å². The highest BCUT2D eigenvalue weighted by molar-refractivity contribution is 7.90. The van der Waals surface area contributed by atoms with Crippen LogP contribution in [-0.2, 0) is 16.5 Å². The first-order chi connectivity index (χ1) is 6.04. The van der Waals surface area contributed by atoms with Gasteiger partial charge in [0.15, 0.2) is 0 Å². The van der Waals surface area contributed by atoms with Crippen LogP contribution < -0.4 is 10.5 Å². The molecule has 0 aliphatic carbocycles. The van der Waals surface area contributed by atoms with Gasteiger partial charge in [0.2, 0.25) is 0 Å². The molecule has 1 unspecified atom stereocenters. The molecule has 0 saturated heterocycles. The SMILES string of the molecule is CNCc1cccc(S(=N)(N)=O)c1. The maximum Gasteiger partial charge on any atom is 0.132 e. The molecule has 0 fully saturated rings. The Kier molecular flexibility index (Phi) is 3.02. The predicted molar refractivity (Wildman–Crippen MR) is 52.5 cm³/mol. The van der Waals surface area contributed by atoms with Crippen molar-refractivity contribution < 1.29 is 4.21 Å². The number of hydrogen-bond donors (Lipinski definition) is 3. The van der Waals surface area contributed by atoms with Gasteiger partial charge in [-0.25, -0.2) is 14.1 Å². The Morgan fingerprint density at radius 2 is 2.31 bits per heavy atom. The van der Waals surface area contributed by atoms with Crippen LogP contribution in [0.3, 0.4) is 0 Å². The summed E-state index contributed by atoms with van der Waals surface area (Å²) < 4.78 is 18.4. The van der Waals surface area contributed by atoms with Gasteiger partial charge in [0, 0.05) is 6.54 Å². The number of rotatable bonds is 3. The lowest BCUT2D eigenvalue weighted by atomic mass is 10.2. The average molecular weight is 199 g/mol. The van der Waals surface area contributed by atoms with E-state index < -0.39 is 9.92 Å². The van der Waals surface area contributed by atoms with E-state index in [9.17, 15) is 4.21 Å². The summed E-state index contributed by atoms with van der Waals surface area (Å²) in [5.74, 6) is 0. The van der Waals surface area contributed by atoms with Crippen LogP contribution in [0.1, 0.15) is 5.56 Å². The first kappa shape index (κ1) is 10.2. The molecule has 0 aliphatic heterocycles. The first-order valence-electron chi connectivity index (χ1n) is 3.84. The molecule has 1 rings (SSSR count). The monoisotopic (exact) mass is 199 g/mol. The Morgan fingerprint density at radius 1 is 1.62 bits per heavy atom. The summed E-state index contributed by atoms with van der Waals surface area (Å²) in [5, 5.41) is 8.16. The highest BCUT2D eigenvalue weighted by atomic mass is 32.2. The number of benzene rings is 1. The zero-order valence-corrected chi connectivity index (χ0v) is 8.23. The lowest BCUT2D eigenvalue weighted by molar-refractivity contribution is 0.676. The third-order valence-electron chi connectivity index (χ3n) is 1.63. The van der Waals surface area contributed by atoms with Gasteiger partial charge in [0.05, 0.1) is 4.90 Å². The molecule has 0 saturated carbocycles. The van der Waals surface area contributed by atoms with Gasteiger partial charge in [-0.1, -0.05) is 12.1 Å². The van der Waals surface area contributed by atoms with Gasteiger partial charge in [0.25, 0.3) is 0 Å². The summed E-state index contributed by atoms with van der Waals surface area (Å²) in [7, 11) is -1.24. The minimum Gasteiger partial charge on any atom is -0.316 e. The molecule has 5 heteroatoms. The van der Waals surface area contributed by atoms with Crippen molar-refractivity contribution in [2.24, 2.45) is 5.14 Å². The third kappa shape index (κ3) is 2.80. The fraction of sp³-hybridized carbons (Fsp3) is 0.250. The fourth-order valence-corrected chi connectivity index (χ4v) is 1.66. The second-order valence-electron chi connectivity index (χ2n) is 2.78. The van der Waals surface area contributed by atoms with Gasteiger partial charge >= 0.3 is 0 Å². The summed E-state index contributed by atoms with van der Waals surface area (Å²) in [6.45, 7) is 0.684. The lowest BCUT2D eigenvalue weighted by Crippen LogP contribution is -2.11. The summed E-state index contributed by atoms with van der Waals surface area (Å²) in [5.41, 5.74) is 0.977. The molecule has 13 heavy (non-hydrogen) atoms. The smallest absolute Gasteiger partial charge is 0.132 e. The van der Waals surface area contributed by atoms with Crippen molar-refractivity contribution in [1.29, 1.82) is 4.78 Å². The third-order valence-corrected chi connectivity index (χ3v) is 2.58. The molecule has 0 spiro atoms. The summed E-state index contributed by atoms with van der Waals surface area (Å²) in [6.07, 6.45) is 0. The second-order valence-corrected chi connectivity index (χ2v) is 4.45. The van der Waals surface area contributed by atoms with E-state index in [-0.39, 0.29) is 0 Å². The van der Waals surface area contributed by atoms with Crippen molar-refractivity contribution in [3.05, 3.63) is 29.8 Å². The van der Waals surface area contributed by atoms with Crippen LogP contribution in [0.25, 0.3) is 0 Å². The topological polar surface area (TPSA) is 79.0 Å². The van der Waals surface area contributed by atoms with Crippen molar-refractivity contribution in [1.82, 2.24) is 5.32 Å². The minimum atomic E-state index is -3.07. The van der Waals surface area contributed by atoms with Crippen LogP contribution in [0.2, 0.25) is 0 Å². The highest BCUT2D eigenvalue weighted by Crippen LogP contribution is 2.09. The quantitative estimate of drug-likeness (QED) is 0.669. The standard InChI is InChI=1S/C8H13N3OS/c1-11-6-7-3-2-4-8(5-7)13(9,10)12/h2-5,11H,6H2,1H3,(H3,9,10,12). The van der Waals surface area contributed by atoms with Gasteiger partial charge in [-0.3, -0.25) is 0 Å². The Balaban J connectivity index is 3.06. The predicted octanol–water partition coefficient (Wildman–Crippen LogP) is 0.685. The first-order valence-corrected chi connectivity index (χ1v) is 5.46. The normalized spacial score (nSPS) is 15.2. The van der Waals surface area contributed by atoms with Gasteiger partial charge in [-0.2, -0.15) is 0 Å². The van der Waals surface area contributed by atoms with Crippen molar-refractivity contribution in [2.75, 3.05) is 7.05 Å². The van der Waals surface area contributed by atoms with E-state index in [1.807, 2.05) is 13.1 Å². The molecule has 1 aromatic rings. The van der Waals surface area contributed by atoms with Crippen LogP contribution >= 0.6 is 0 Å². The summed E-state index contributed by atoms with van der Waals surface area (Å²) in [6, 6.07) is 6.94. The van der Waals surface area contributed by atoms with Crippen molar-refractivity contribution in [3.63, 3.8) is 0 Å². The zero-order chi connectivity index (χ0) is 9.90. The van der Waals surface area contributed by atoms with Crippen LogP contribution in [-0.4, -0.2) is 11.3 Å². The molecule has 0 heterocycles. The molecule has 0 amide bonds. The lowest BCUT2D eigenvalue weighted by Gasteiger charge is -2.04. The fourth-order valence-electron chi connectivity index (χ4n) is 1.05. The van der Waals surface area contributed by atoms with Gasteiger partial charge in [0.1, 0.15) is 9.92 Å². The second kappa shape index (κ2) is 3.87. The van der Waals surface area contributed by atoms with Crippen molar-refractivity contribution in [2.45, 2.75) is 11.4 Å². The Morgan fingerprint density at radius 3 is 2.85 bits per heavy atom. The van der Waals surface area contributed by atoms with Crippen LogP contribution in [0.15, 0.2) is 29.2 Å². The van der Waals surface area contributed by atoms with E-state index in [1.165, 1.54) is 0 Å². The van der Waals surface area contributed by atoms with Gasteiger partial charge in [-0.15, -0.1) is 0 Å². The summed E-state index contributed by atoms with van der Waals surface area (Å²) >= 11 is 0. The van der Waals surface area contributed by atoms with E-state index in [0.717, 1.165) is 5.56 Å². The number of hydrogen-bond acceptors (Lipinski definition) is 3. The van der Waals surface area contributed by atoms with E-state index in [4.69, 9.17) is 9.92 Å². The van der Waals surface area contributed by atoms with E-state index in [2.05, 4.69) is 5.32 Å². The molecule has 0 bridgehead atoms. The van der Waals surface area contributed by atoms with E-state index >= 15 is 0 Å². The van der Waals surface area contributed by atoms with Crippen molar-refractivity contribution in [3.8, 4) is 0 Å². The van der Waals surface area contributed by atoms with Gasteiger partial charge in [-0.05, 0) is 24.7 Å². The molecular weight excluding hydrogens is 186 g/mol. The molecule has 0 aromatic heterocycles. The molecule has 4 nitrogen and oxygen atoms in total. The number of nitrogens with one attached hydrogen (secondary N) is 2. The Hall–Kier alpha value is -0.910. The molecule has 1 atom stereocenters. The van der Waals surface area contributed by atoms with E-state index in [1.54, 1.807) is 18.2 Å². The van der Waals surface area contributed by atoms with Gasteiger partial charge < -0.3 is 5.32 Å². The Labute approximate surface area is 78.3 Å². The highest BCUT2D eigenvalue weighted by Gasteiger charge is 2.03. The molecule has 0 aliphatic rings. The molecule has 0 radical (unpaired) electrons. The maximum absolute atomic E-state index is 11.2.